The summed E-state index contributed by atoms with van der Waals surface area (Å²) < 4.78 is 2.51. The normalized spacial score (nSPS) is 12.9. The summed E-state index contributed by atoms with van der Waals surface area (Å²) in [6.07, 6.45) is 0. The maximum atomic E-state index is 3.81. The molecule has 0 saturated carbocycles. The standard InChI is InChI=1S/C37H25BN2S2/c1-22-18-27(36-31(19-22)40-30-15-6-5-12-24(30)25-13-9-14-28(38-36)37(25)40)26-20-34-35(42-33-17-8-7-16-32(33)41-34)21-29(26)39-23-10-3-2-4-11-23/h2-21,38-39H,1H3. The van der Waals surface area contributed by atoms with Crippen LogP contribution in [0.25, 0.3) is 38.6 Å². The molecular weight excluding hydrogens is 547 g/mol. The fourth-order valence-electron chi connectivity index (χ4n) is 6.67. The molecule has 5 heteroatoms. The summed E-state index contributed by atoms with van der Waals surface area (Å²) in [6.45, 7) is 2.23. The highest BCUT2D eigenvalue weighted by atomic mass is 32.2. The van der Waals surface area contributed by atoms with Crippen molar-refractivity contribution < 1.29 is 0 Å². The molecule has 42 heavy (non-hydrogen) atoms. The van der Waals surface area contributed by atoms with E-state index in [0.29, 0.717) is 0 Å². The van der Waals surface area contributed by atoms with E-state index in [9.17, 15) is 0 Å². The molecule has 0 bridgehead atoms. The van der Waals surface area contributed by atoms with Gasteiger partial charge in [-0.2, -0.15) is 0 Å². The van der Waals surface area contributed by atoms with Gasteiger partial charge < -0.3 is 9.88 Å². The number of aromatic nitrogens is 1. The second-order valence-electron chi connectivity index (χ2n) is 11.1. The van der Waals surface area contributed by atoms with E-state index >= 15 is 0 Å². The molecule has 2 aliphatic rings. The highest BCUT2D eigenvalue weighted by Crippen LogP contribution is 2.51. The number of nitrogens with one attached hydrogen (secondary N) is 1. The van der Waals surface area contributed by atoms with Gasteiger partial charge in [-0.15, -0.1) is 0 Å². The van der Waals surface area contributed by atoms with Crippen molar-refractivity contribution in [3.63, 3.8) is 0 Å². The van der Waals surface area contributed by atoms with E-state index < -0.39 is 0 Å². The van der Waals surface area contributed by atoms with Crippen molar-refractivity contribution in [2.75, 3.05) is 5.32 Å². The Morgan fingerprint density at radius 2 is 1.33 bits per heavy atom. The van der Waals surface area contributed by atoms with Gasteiger partial charge in [0.05, 0.1) is 5.52 Å². The van der Waals surface area contributed by atoms with E-state index in [4.69, 9.17) is 0 Å². The molecule has 198 valence electrons. The van der Waals surface area contributed by atoms with Crippen molar-refractivity contribution in [1.82, 2.24) is 4.57 Å². The summed E-state index contributed by atoms with van der Waals surface area (Å²) in [4.78, 5) is 5.26. The van der Waals surface area contributed by atoms with Gasteiger partial charge in [0.25, 0.3) is 0 Å². The number of fused-ring (bicyclic) bond motifs is 7. The number of benzene rings is 6. The average Bonchev–Trinajstić information content (AvgIpc) is 3.36. The molecule has 0 spiro atoms. The van der Waals surface area contributed by atoms with E-state index in [0.717, 1.165) is 18.7 Å². The van der Waals surface area contributed by atoms with E-state index in [1.54, 1.807) is 0 Å². The van der Waals surface area contributed by atoms with Crippen molar-refractivity contribution in [3.05, 3.63) is 127 Å². The first-order chi connectivity index (χ1) is 20.7. The predicted molar refractivity (Wildman–Crippen MR) is 182 cm³/mol. The monoisotopic (exact) mass is 572 g/mol. The lowest BCUT2D eigenvalue weighted by Crippen LogP contribution is -2.37. The lowest BCUT2D eigenvalue weighted by atomic mass is 9.59. The molecule has 0 radical (unpaired) electrons. The third-order valence-corrected chi connectivity index (χ3v) is 11.0. The Morgan fingerprint density at radius 1 is 0.619 bits per heavy atom. The van der Waals surface area contributed by atoms with Gasteiger partial charge in [-0.05, 0) is 72.0 Å². The van der Waals surface area contributed by atoms with Crippen LogP contribution in [0.5, 0.6) is 0 Å². The molecule has 6 aromatic carbocycles. The second kappa shape index (κ2) is 9.35. The lowest BCUT2D eigenvalue weighted by Gasteiger charge is -2.26. The van der Waals surface area contributed by atoms with Gasteiger partial charge in [0.1, 0.15) is 0 Å². The minimum Gasteiger partial charge on any atom is -0.355 e. The number of para-hydroxylation sites is 3. The molecule has 1 N–H and O–H groups in total. The molecule has 7 aromatic rings. The number of hydrogen-bond donors (Lipinski definition) is 1. The van der Waals surface area contributed by atoms with Crippen molar-refractivity contribution in [1.29, 1.82) is 0 Å². The molecule has 0 saturated heterocycles. The number of hydrogen-bond acceptors (Lipinski definition) is 3. The Labute approximate surface area is 254 Å². The fourth-order valence-corrected chi connectivity index (χ4v) is 8.95. The van der Waals surface area contributed by atoms with E-state index in [2.05, 4.69) is 138 Å². The van der Waals surface area contributed by atoms with Crippen LogP contribution < -0.4 is 16.2 Å². The zero-order chi connectivity index (χ0) is 27.8. The predicted octanol–water partition coefficient (Wildman–Crippen LogP) is 8.82. The molecule has 0 unspecified atom stereocenters. The van der Waals surface area contributed by atoms with Crippen molar-refractivity contribution >= 4 is 74.9 Å². The zero-order valence-electron chi connectivity index (χ0n) is 23.0. The van der Waals surface area contributed by atoms with Crippen LogP contribution in [0.2, 0.25) is 0 Å². The van der Waals surface area contributed by atoms with E-state index in [1.165, 1.54) is 74.7 Å². The van der Waals surface area contributed by atoms with Gasteiger partial charge in [0.2, 0.25) is 0 Å². The molecule has 3 heterocycles. The molecule has 2 aliphatic heterocycles. The summed E-state index contributed by atoms with van der Waals surface area (Å²) in [5.74, 6) is 0. The first kappa shape index (κ1) is 24.3. The third kappa shape index (κ3) is 3.70. The molecule has 9 rings (SSSR count). The molecule has 0 fully saturated rings. The van der Waals surface area contributed by atoms with E-state index in [-0.39, 0.29) is 0 Å². The maximum absolute atomic E-state index is 3.81. The fraction of sp³-hybridized carbons (Fsp3) is 0.0270. The summed E-state index contributed by atoms with van der Waals surface area (Å²) in [7, 11) is 0.908. The summed E-state index contributed by atoms with van der Waals surface area (Å²) in [6, 6.07) is 44.5. The quantitative estimate of drug-likeness (QED) is 0.213. The van der Waals surface area contributed by atoms with Crippen molar-refractivity contribution in [2.45, 2.75) is 26.5 Å². The minimum absolute atomic E-state index is 0.908. The lowest BCUT2D eigenvalue weighted by molar-refractivity contribution is 1.16. The van der Waals surface area contributed by atoms with Gasteiger partial charge in [0, 0.05) is 58.5 Å². The SMILES string of the molecule is Cc1cc(-c2cc3c(cc2Nc2ccccc2)Sc2ccccc2S3)c2c(c1)-n1c3ccccc3c3cccc(c31)B2. The Hall–Kier alpha value is -4.32. The van der Waals surface area contributed by atoms with Crippen molar-refractivity contribution in [2.24, 2.45) is 0 Å². The second-order valence-corrected chi connectivity index (χ2v) is 13.3. The Balaban J connectivity index is 1.31. The molecular formula is C37H25BN2S2. The van der Waals surface area contributed by atoms with Crippen LogP contribution in [0.4, 0.5) is 11.4 Å². The Kier molecular flexibility index (Phi) is 5.41. The van der Waals surface area contributed by atoms with Gasteiger partial charge in [-0.1, -0.05) is 102 Å². The summed E-state index contributed by atoms with van der Waals surface area (Å²) in [5, 5.41) is 6.46. The van der Waals surface area contributed by atoms with Crippen LogP contribution in [-0.4, -0.2) is 11.8 Å². The van der Waals surface area contributed by atoms with E-state index in [1.807, 2.05) is 23.5 Å². The molecule has 0 atom stereocenters. The van der Waals surface area contributed by atoms with Crippen LogP contribution in [-0.2, 0) is 0 Å². The topological polar surface area (TPSA) is 17.0 Å². The van der Waals surface area contributed by atoms with Crippen LogP contribution in [0.1, 0.15) is 5.56 Å². The number of anilines is 2. The third-order valence-electron chi connectivity index (χ3n) is 8.47. The Bertz CT molecular complexity index is 2220. The summed E-state index contributed by atoms with van der Waals surface area (Å²) in [5.41, 5.74) is 12.7. The average molecular weight is 573 g/mol. The van der Waals surface area contributed by atoms with Gasteiger partial charge in [0.15, 0.2) is 7.28 Å². The number of rotatable bonds is 3. The number of nitrogens with zero attached hydrogens (tertiary/aromatic N) is 1. The maximum Gasteiger partial charge on any atom is 0.198 e. The Morgan fingerprint density at radius 3 is 2.17 bits per heavy atom. The highest BCUT2D eigenvalue weighted by molar-refractivity contribution is 8.05. The van der Waals surface area contributed by atoms with Crippen molar-refractivity contribution in [3.8, 4) is 16.8 Å². The van der Waals surface area contributed by atoms with Crippen LogP contribution >= 0.6 is 23.5 Å². The van der Waals surface area contributed by atoms with Crippen LogP contribution in [0, 0.1) is 6.92 Å². The highest BCUT2D eigenvalue weighted by Gasteiger charge is 2.27. The van der Waals surface area contributed by atoms with Crippen LogP contribution in [0.15, 0.2) is 141 Å². The zero-order valence-corrected chi connectivity index (χ0v) is 24.7. The van der Waals surface area contributed by atoms with Gasteiger partial charge in [-0.25, -0.2) is 0 Å². The number of aryl methyl sites for hydroxylation is 1. The van der Waals surface area contributed by atoms with Gasteiger partial charge >= 0.3 is 0 Å². The largest absolute Gasteiger partial charge is 0.355 e. The first-order valence-electron chi connectivity index (χ1n) is 14.3. The molecule has 1 aromatic heterocycles. The van der Waals surface area contributed by atoms with Crippen LogP contribution in [0.3, 0.4) is 0 Å². The molecule has 0 aliphatic carbocycles. The molecule has 0 amide bonds. The van der Waals surface area contributed by atoms with Gasteiger partial charge in [-0.3, -0.25) is 0 Å². The smallest absolute Gasteiger partial charge is 0.198 e. The first-order valence-corrected chi connectivity index (χ1v) is 15.9. The summed E-state index contributed by atoms with van der Waals surface area (Å²) >= 11 is 3.75. The molecule has 2 nitrogen and oxygen atoms in total. The minimum atomic E-state index is 0.908.